The summed E-state index contributed by atoms with van der Waals surface area (Å²) in [5.74, 6) is 1.41. The molecule has 0 radical (unpaired) electrons. The highest BCUT2D eigenvalue weighted by Crippen LogP contribution is 2.39. The minimum absolute atomic E-state index is 0.143. The van der Waals surface area contributed by atoms with Gasteiger partial charge in [-0.15, -0.1) is 0 Å². The molecule has 0 amide bonds. The van der Waals surface area contributed by atoms with Crippen molar-refractivity contribution in [1.82, 2.24) is 9.36 Å². The average Bonchev–Trinajstić information content (AvgIpc) is 3.12. The van der Waals surface area contributed by atoms with Crippen molar-refractivity contribution in [3.63, 3.8) is 0 Å². The molecule has 0 unspecified atom stereocenters. The molecule has 2 aromatic rings. The molecule has 0 atom stereocenters. The van der Waals surface area contributed by atoms with Crippen LogP contribution >= 0.6 is 11.5 Å². The molecule has 0 aliphatic heterocycles. The summed E-state index contributed by atoms with van der Waals surface area (Å²) in [6.45, 7) is 0.681. The monoisotopic (exact) mass is 263 g/mol. The normalized spacial score (nSPS) is 14.7. The van der Waals surface area contributed by atoms with Crippen LogP contribution < -0.4 is 5.32 Å². The van der Waals surface area contributed by atoms with Gasteiger partial charge in [-0.3, -0.25) is 0 Å². The Kier molecular flexibility index (Phi) is 3.23. The van der Waals surface area contributed by atoms with Crippen molar-refractivity contribution in [2.24, 2.45) is 0 Å². The number of hydrogen-bond donors (Lipinski definition) is 1. The van der Waals surface area contributed by atoms with Crippen molar-refractivity contribution in [3.05, 3.63) is 41.5 Å². The molecular weight excluding hydrogens is 249 g/mol. The second-order valence-corrected chi connectivity index (χ2v) is 5.25. The van der Waals surface area contributed by atoms with Crippen LogP contribution in [-0.2, 0) is 6.42 Å². The van der Waals surface area contributed by atoms with Gasteiger partial charge in [0, 0.05) is 24.0 Å². The van der Waals surface area contributed by atoms with E-state index in [4.69, 9.17) is 0 Å². The fourth-order valence-electron chi connectivity index (χ4n) is 1.82. The SMILES string of the molecule is Fc1ccccc1CCNc1nc(C2CC2)ns1. The molecule has 0 saturated heterocycles. The lowest BCUT2D eigenvalue weighted by Crippen LogP contribution is -2.05. The van der Waals surface area contributed by atoms with E-state index in [2.05, 4.69) is 14.7 Å². The molecule has 0 bridgehead atoms. The maximum Gasteiger partial charge on any atom is 0.202 e. The topological polar surface area (TPSA) is 37.8 Å². The van der Waals surface area contributed by atoms with Crippen molar-refractivity contribution in [3.8, 4) is 0 Å². The summed E-state index contributed by atoms with van der Waals surface area (Å²) in [7, 11) is 0. The quantitative estimate of drug-likeness (QED) is 0.900. The molecule has 1 saturated carbocycles. The molecule has 1 aliphatic rings. The number of halogens is 1. The van der Waals surface area contributed by atoms with E-state index in [-0.39, 0.29) is 5.82 Å². The number of aromatic nitrogens is 2. The molecule has 94 valence electrons. The Hall–Kier alpha value is -1.49. The number of anilines is 1. The summed E-state index contributed by atoms with van der Waals surface area (Å²) in [4.78, 5) is 4.43. The smallest absolute Gasteiger partial charge is 0.202 e. The van der Waals surface area contributed by atoms with E-state index in [0.29, 0.717) is 18.9 Å². The molecule has 1 fully saturated rings. The lowest BCUT2D eigenvalue weighted by molar-refractivity contribution is 0.610. The highest BCUT2D eigenvalue weighted by molar-refractivity contribution is 7.09. The summed E-state index contributed by atoms with van der Waals surface area (Å²) in [5.41, 5.74) is 0.733. The van der Waals surface area contributed by atoms with Crippen molar-refractivity contribution >= 4 is 16.7 Å². The predicted octanol–water partition coefficient (Wildman–Crippen LogP) is 3.21. The van der Waals surface area contributed by atoms with Crippen LogP contribution in [-0.4, -0.2) is 15.9 Å². The number of hydrogen-bond acceptors (Lipinski definition) is 4. The Morgan fingerprint density at radius 3 is 2.94 bits per heavy atom. The van der Waals surface area contributed by atoms with E-state index in [0.717, 1.165) is 16.5 Å². The Balaban J connectivity index is 1.53. The fraction of sp³-hybridized carbons (Fsp3) is 0.385. The summed E-state index contributed by atoms with van der Waals surface area (Å²) in [6, 6.07) is 6.87. The zero-order chi connectivity index (χ0) is 12.4. The largest absolute Gasteiger partial charge is 0.360 e. The minimum Gasteiger partial charge on any atom is -0.360 e. The van der Waals surface area contributed by atoms with Crippen LogP contribution in [0.3, 0.4) is 0 Å². The summed E-state index contributed by atoms with van der Waals surface area (Å²) >= 11 is 1.39. The average molecular weight is 263 g/mol. The molecule has 1 aromatic carbocycles. The minimum atomic E-state index is -0.143. The molecule has 3 rings (SSSR count). The van der Waals surface area contributed by atoms with Gasteiger partial charge in [0.1, 0.15) is 11.6 Å². The van der Waals surface area contributed by atoms with Crippen LogP contribution in [0.2, 0.25) is 0 Å². The molecule has 5 heteroatoms. The van der Waals surface area contributed by atoms with Gasteiger partial charge < -0.3 is 5.32 Å². The summed E-state index contributed by atoms with van der Waals surface area (Å²) in [5, 5.41) is 4.04. The Morgan fingerprint density at radius 2 is 2.17 bits per heavy atom. The highest BCUT2D eigenvalue weighted by atomic mass is 32.1. The summed E-state index contributed by atoms with van der Waals surface area (Å²) in [6.07, 6.45) is 3.09. The van der Waals surface area contributed by atoms with Crippen LogP contribution in [0.15, 0.2) is 24.3 Å². The van der Waals surface area contributed by atoms with Gasteiger partial charge in [-0.25, -0.2) is 9.37 Å². The van der Waals surface area contributed by atoms with E-state index in [1.165, 1.54) is 30.4 Å². The van der Waals surface area contributed by atoms with Crippen molar-refractivity contribution in [2.75, 3.05) is 11.9 Å². The molecule has 1 heterocycles. The van der Waals surface area contributed by atoms with Crippen molar-refractivity contribution in [2.45, 2.75) is 25.2 Å². The molecule has 1 aromatic heterocycles. The fourth-order valence-corrected chi connectivity index (χ4v) is 2.49. The van der Waals surface area contributed by atoms with Crippen LogP contribution in [0.5, 0.6) is 0 Å². The van der Waals surface area contributed by atoms with E-state index < -0.39 is 0 Å². The third kappa shape index (κ3) is 2.67. The Labute approximate surface area is 109 Å². The predicted molar refractivity (Wildman–Crippen MR) is 70.5 cm³/mol. The van der Waals surface area contributed by atoms with E-state index >= 15 is 0 Å². The van der Waals surface area contributed by atoms with E-state index in [1.807, 2.05) is 12.1 Å². The van der Waals surface area contributed by atoms with Crippen LogP contribution in [0.4, 0.5) is 9.52 Å². The second kappa shape index (κ2) is 5.02. The van der Waals surface area contributed by atoms with E-state index in [9.17, 15) is 4.39 Å². The summed E-state index contributed by atoms with van der Waals surface area (Å²) < 4.78 is 17.7. The van der Waals surface area contributed by atoms with Crippen LogP contribution in [0, 0.1) is 5.82 Å². The molecule has 1 aliphatic carbocycles. The maximum atomic E-state index is 13.4. The number of nitrogens with one attached hydrogen (secondary N) is 1. The van der Waals surface area contributed by atoms with Gasteiger partial charge in [-0.05, 0) is 30.9 Å². The first-order chi connectivity index (χ1) is 8.83. The third-order valence-electron chi connectivity index (χ3n) is 3.01. The zero-order valence-corrected chi connectivity index (χ0v) is 10.7. The second-order valence-electron chi connectivity index (χ2n) is 4.50. The first kappa shape index (κ1) is 11.6. The third-order valence-corrected chi connectivity index (χ3v) is 3.70. The molecule has 3 nitrogen and oxygen atoms in total. The zero-order valence-electron chi connectivity index (χ0n) is 9.90. The van der Waals surface area contributed by atoms with Gasteiger partial charge in [-0.2, -0.15) is 4.37 Å². The molecule has 1 N–H and O–H groups in total. The number of rotatable bonds is 5. The Morgan fingerprint density at radius 1 is 1.33 bits per heavy atom. The van der Waals surface area contributed by atoms with E-state index in [1.54, 1.807) is 6.07 Å². The lowest BCUT2D eigenvalue weighted by atomic mass is 10.1. The Bertz CT molecular complexity index is 537. The van der Waals surface area contributed by atoms with Crippen LogP contribution in [0.1, 0.15) is 30.1 Å². The lowest BCUT2D eigenvalue weighted by Gasteiger charge is -2.03. The maximum absolute atomic E-state index is 13.4. The van der Waals surface area contributed by atoms with Crippen LogP contribution in [0.25, 0.3) is 0 Å². The van der Waals surface area contributed by atoms with Crippen molar-refractivity contribution < 1.29 is 4.39 Å². The van der Waals surface area contributed by atoms with Gasteiger partial charge in [-0.1, -0.05) is 18.2 Å². The molecule has 0 spiro atoms. The first-order valence-corrected chi connectivity index (χ1v) is 6.91. The molecule has 18 heavy (non-hydrogen) atoms. The number of nitrogens with zero attached hydrogens (tertiary/aromatic N) is 2. The highest BCUT2D eigenvalue weighted by Gasteiger charge is 2.27. The molecular formula is C13H14FN3S. The van der Waals surface area contributed by atoms with Gasteiger partial charge in [0.05, 0.1) is 0 Å². The standard InChI is InChI=1S/C13H14FN3S/c14-11-4-2-1-3-9(11)7-8-15-13-16-12(17-18-13)10-5-6-10/h1-4,10H,5-8H2,(H,15,16,17). The van der Waals surface area contributed by atoms with Crippen molar-refractivity contribution in [1.29, 1.82) is 0 Å². The van der Waals surface area contributed by atoms with Gasteiger partial charge >= 0.3 is 0 Å². The van der Waals surface area contributed by atoms with Gasteiger partial charge in [0.15, 0.2) is 0 Å². The first-order valence-electron chi connectivity index (χ1n) is 6.14. The number of benzene rings is 1. The van der Waals surface area contributed by atoms with Gasteiger partial charge in [0.25, 0.3) is 0 Å². The van der Waals surface area contributed by atoms with Gasteiger partial charge in [0.2, 0.25) is 5.13 Å².